The summed E-state index contributed by atoms with van der Waals surface area (Å²) < 4.78 is 7.24. The van der Waals surface area contributed by atoms with Crippen LogP contribution in [-0.4, -0.2) is 32.0 Å². The summed E-state index contributed by atoms with van der Waals surface area (Å²) in [4.78, 5) is 60.4. The number of rotatable bonds is 7. The highest BCUT2D eigenvalue weighted by atomic mass is 35.5. The van der Waals surface area contributed by atoms with Crippen molar-refractivity contribution in [2.45, 2.75) is 33.0 Å². The number of para-hydroxylation sites is 1. The largest absolute Gasteiger partial charge is 0.451 e. The topological polar surface area (TPSA) is 143 Å². The van der Waals surface area contributed by atoms with Crippen LogP contribution in [0.4, 0.5) is 11.4 Å². The number of benzene rings is 2. The lowest BCUT2D eigenvalue weighted by molar-refractivity contribution is -0.384. The number of hydrogen-bond acceptors (Lipinski definition) is 7. The molecule has 0 aliphatic heterocycles. The van der Waals surface area contributed by atoms with Crippen molar-refractivity contribution >= 4 is 45.8 Å². The Bertz CT molecular complexity index is 1380. The number of carbonyl (C=O) groups excluding carboxylic acids is 2. The van der Waals surface area contributed by atoms with E-state index in [0.717, 1.165) is 15.2 Å². The number of amides is 1. The Labute approximate surface area is 191 Å². The molecule has 1 amide bonds. The lowest BCUT2D eigenvalue weighted by Gasteiger charge is -2.16. The average molecular weight is 475 g/mol. The van der Waals surface area contributed by atoms with Crippen molar-refractivity contribution < 1.29 is 19.2 Å². The number of ether oxygens (including phenoxy) is 1. The van der Waals surface area contributed by atoms with Crippen LogP contribution < -0.4 is 16.6 Å². The number of fused-ring (bicyclic) bond motifs is 1. The van der Waals surface area contributed by atoms with Gasteiger partial charge in [-0.05, 0) is 32.0 Å². The fraction of sp³-hybridized carbons (Fsp3) is 0.238. The maximum atomic E-state index is 12.7. The van der Waals surface area contributed by atoms with Crippen LogP contribution in [0.15, 0.2) is 52.1 Å². The second-order valence-corrected chi connectivity index (χ2v) is 7.39. The van der Waals surface area contributed by atoms with Gasteiger partial charge in [-0.3, -0.25) is 33.6 Å². The Hall–Kier alpha value is -3.99. The quantitative estimate of drug-likeness (QED) is 0.314. The van der Waals surface area contributed by atoms with Gasteiger partial charge < -0.3 is 10.1 Å². The molecular formula is C21H19ClN4O7. The van der Waals surface area contributed by atoms with E-state index in [9.17, 15) is 29.3 Å². The van der Waals surface area contributed by atoms with E-state index in [1.165, 1.54) is 25.1 Å². The molecule has 0 fully saturated rings. The van der Waals surface area contributed by atoms with Crippen LogP contribution in [0, 0.1) is 10.1 Å². The molecule has 0 spiro atoms. The van der Waals surface area contributed by atoms with Crippen LogP contribution in [0.5, 0.6) is 0 Å². The number of nitro groups is 1. The fourth-order valence-corrected chi connectivity index (χ4v) is 3.34. The van der Waals surface area contributed by atoms with E-state index in [0.29, 0.717) is 0 Å². The zero-order chi connectivity index (χ0) is 24.3. The molecule has 1 atom stereocenters. The summed E-state index contributed by atoms with van der Waals surface area (Å²) in [5.74, 6) is -1.67. The molecule has 33 heavy (non-hydrogen) atoms. The zero-order valence-corrected chi connectivity index (χ0v) is 18.4. The molecule has 0 saturated carbocycles. The average Bonchev–Trinajstić information content (AvgIpc) is 2.78. The lowest BCUT2D eigenvalue weighted by atomic mass is 10.2. The smallest absolute Gasteiger partial charge is 0.332 e. The van der Waals surface area contributed by atoms with Crippen molar-refractivity contribution in [1.29, 1.82) is 0 Å². The Morgan fingerprint density at radius 1 is 1.18 bits per heavy atom. The maximum Gasteiger partial charge on any atom is 0.332 e. The van der Waals surface area contributed by atoms with Gasteiger partial charge in [-0.1, -0.05) is 23.7 Å². The highest BCUT2D eigenvalue weighted by Crippen LogP contribution is 2.26. The highest BCUT2D eigenvalue weighted by molar-refractivity contribution is 6.33. The van der Waals surface area contributed by atoms with Gasteiger partial charge in [0.1, 0.15) is 6.54 Å². The van der Waals surface area contributed by atoms with Crippen molar-refractivity contribution in [3.8, 4) is 0 Å². The molecule has 11 nitrogen and oxygen atoms in total. The third kappa shape index (κ3) is 4.93. The summed E-state index contributed by atoms with van der Waals surface area (Å²) in [7, 11) is 0. The van der Waals surface area contributed by atoms with E-state index in [-0.39, 0.29) is 33.8 Å². The van der Waals surface area contributed by atoms with Gasteiger partial charge in [-0.15, -0.1) is 0 Å². The number of hydrogen-bond donors (Lipinski definition) is 1. The summed E-state index contributed by atoms with van der Waals surface area (Å²) in [6.45, 7) is 2.51. The standard InChI is InChI=1S/C21H19ClN4O7/c1-3-24-20(29)14-6-4-5-7-17(14)25(21(24)30)11-18(27)33-12(2)19(28)23-16-10-13(26(31)32)8-9-15(16)22/h4-10,12H,3,11H2,1-2H3,(H,23,28). The van der Waals surface area contributed by atoms with Crippen LogP contribution >= 0.6 is 11.6 Å². The normalized spacial score (nSPS) is 11.7. The van der Waals surface area contributed by atoms with Gasteiger partial charge in [0.25, 0.3) is 17.2 Å². The number of halogens is 1. The van der Waals surface area contributed by atoms with Gasteiger partial charge in [0.05, 0.1) is 26.5 Å². The van der Waals surface area contributed by atoms with Gasteiger partial charge in [0.2, 0.25) is 0 Å². The molecule has 172 valence electrons. The minimum absolute atomic E-state index is 0.0176. The summed E-state index contributed by atoms with van der Waals surface area (Å²) in [6.07, 6.45) is -1.30. The highest BCUT2D eigenvalue weighted by Gasteiger charge is 2.22. The number of nitro benzene ring substituents is 1. The number of non-ortho nitro benzene ring substituents is 1. The summed E-state index contributed by atoms with van der Waals surface area (Å²) in [5, 5.41) is 13.6. The van der Waals surface area contributed by atoms with Crippen LogP contribution in [0.3, 0.4) is 0 Å². The number of esters is 1. The molecule has 1 heterocycles. The minimum atomic E-state index is -1.30. The van der Waals surface area contributed by atoms with Crippen molar-refractivity contribution in [3.63, 3.8) is 0 Å². The van der Waals surface area contributed by atoms with E-state index < -0.39 is 40.7 Å². The van der Waals surface area contributed by atoms with Crippen LogP contribution in [0.2, 0.25) is 5.02 Å². The van der Waals surface area contributed by atoms with Gasteiger partial charge in [0.15, 0.2) is 6.10 Å². The SMILES string of the molecule is CCn1c(=O)c2ccccc2n(CC(=O)OC(C)C(=O)Nc2cc([N+](=O)[O-])ccc2Cl)c1=O. The molecule has 12 heteroatoms. The Morgan fingerprint density at radius 2 is 1.88 bits per heavy atom. The van der Waals surface area contributed by atoms with E-state index >= 15 is 0 Å². The Balaban J connectivity index is 1.79. The molecule has 3 rings (SSSR count). The van der Waals surface area contributed by atoms with Crippen LogP contribution in [0.25, 0.3) is 10.9 Å². The first-order valence-corrected chi connectivity index (χ1v) is 10.2. The zero-order valence-electron chi connectivity index (χ0n) is 17.6. The molecule has 3 aromatic rings. The third-order valence-electron chi connectivity index (χ3n) is 4.83. The number of nitrogens with one attached hydrogen (secondary N) is 1. The first kappa shape index (κ1) is 23.7. The summed E-state index contributed by atoms with van der Waals surface area (Å²) in [5.41, 5.74) is -1.19. The molecular weight excluding hydrogens is 456 g/mol. The fourth-order valence-electron chi connectivity index (χ4n) is 3.18. The van der Waals surface area contributed by atoms with E-state index in [1.54, 1.807) is 25.1 Å². The molecule has 0 radical (unpaired) electrons. The Kier molecular flexibility index (Phi) is 6.92. The molecule has 1 aromatic heterocycles. The number of carbonyl (C=O) groups is 2. The summed E-state index contributed by atoms with van der Waals surface area (Å²) in [6, 6.07) is 9.86. The third-order valence-corrected chi connectivity index (χ3v) is 5.16. The molecule has 0 bridgehead atoms. The number of nitrogens with zero attached hydrogens (tertiary/aromatic N) is 3. The lowest BCUT2D eigenvalue weighted by Crippen LogP contribution is -2.41. The predicted molar refractivity (Wildman–Crippen MR) is 120 cm³/mol. The monoisotopic (exact) mass is 474 g/mol. The van der Waals surface area contributed by atoms with Crippen molar-refractivity contribution in [2.75, 3.05) is 5.32 Å². The van der Waals surface area contributed by atoms with Gasteiger partial charge in [-0.25, -0.2) is 4.79 Å². The molecule has 0 saturated heterocycles. The van der Waals surface area contributed by atoms with Gasteiger partial charge in [-0.2, -0.15) is 0 Å². The van der Waals surface area contributed by atoms with Crippen LogP contribution in [0.1, 0.15) is 13.8 Å². The van der Waals surface area contributed by atoms with Crippen molar-refractivity contribution in [2.24, 2.45) is 0 Å². The maximum absolute atomic E-state index is 12.7. The first-order chi connectivity index (χ1) is 15.6. The van der Waals surface area contributed by atoms with Gasteiger partial charge in [0, 0.05) is 18.7 Å². The molecule has 1 unspecified atom stereocenters. The minimum Gasteiger partial charge on any atom is -0.451 e. The molecule has 1 N–H and O–H groups in total. The second-order valence-electron chi connectivity index (χ2n) is 6.98. The van der Waals surface area contributed by atoms with E-state index in [4.69, 9.17) is 16.3 Å². The Morgan fingerprint density at radius 3 is 2.55 bits per heavy atom. The first-order valence-electron chi connectivity index (χ1n) is 9.80. The molecule has 0 aliphatic carbocycles. The summed E-state index contributed by atoms with van der Waals surface area (Å²) >= 11 is 5.97. The molecule has 0 aliphatic rings. The van der Waals surface area contributed by atoms with E-state index in [1.807, 2.05) is 0 Å². The van der Waals surface area contributed by atoms with Crippen molar-refractivity contribution in [3.05, 3.63) is 78.4 Å². The van der Waals surface area contributed by atoms with Gasteiger partial charge >= 0.3 is 11.7 Å². The van der Waals surface area contributed by atoms with E-state index in [2.05, 4.69) is 5.32 Å². The molecule has 2 aromatic carbocycles. The number of anilines is 1. The van der Waals surface area contributed by atoms with Crippen molar-refractivity contribution in [1.82, 2.24) is 9.13 Å². The second kappa shape index (κ2) is 9.65. The predicted octanol–water partition coefficient (Wildman–Crippen LogP) is 2.32. The van der Waals surface area contributed by atoms with Crippen LogP contribution in [-0.2, 0) is 27.4 Å². The number of aromatic nitrogens is 2.